The molecule has 0 unspecified atom stereocenters. The molecule has 9 heteroatoms. The summed E-state index contributed by atoms with van der Waals surface area (Å²) in [6, 6.07) is 0. The lowest BCUT2D eigenvalue weighted by Crippen LogP contribution is -2.31. The van der Waals surface area contributed by atoms with Gasteiger partial charge in [0.15, 0.2) is 6.61 Å². The van der Waals surface area contributed by atoms with Gasteiger partial charge in [0.25, 0.3) is 5.91 Å². The second kappa shape index (κ2) is 10.3. The molecule has 0 spiro atoms. The highest BCUT2D eigenvalue weighted by Gasteiger charge is 2.33. The van der Waals surface area contributed by atoms with E-state index < -0.39 is 24.5 Å². The smallest absolute Gasteiger partial charge is 0.348 e. The Kier molecular flexibility index (Phi) is 8.22. The first-order valence-corrected chi connectivity index (χ1v) is 11.1. The van der Waals surface area contributed by atoms with E-state index in [-0.39, 0.29) is 32.7 Å². The molecule has 0 aliphatic heterocycles. The van der Waals surface area contributed by atoms with Crippen LogP contribution in [0.25, 0.3) is 0 Å². The Labute approximate surface area is 186 Å². The molecule has 0 atom stereocenters. The number of nitrogens with one attached hydrogen (secondary N) is 1. The zero-order valence-electron chi connectivity index (χ0n) is 19.0. The van der Waals surface area contributed by atoms with E-state index in [1.165, 1.54) is 14.2 Å². The maximum Gasteiger partial charge on any atom is 0.348 e. The van der Waals surface area contributed by atoms with Crippen LogP contribution in [0.3, 0.4) is 0 Å². The van der Waals surface area contributed by atoms with Gasteiger partial charge < -0.3 is 19.5 Å². The Hall–Kier alpha value is -2.42. The molecule has 1 heterocycles. The van der Waals surface area contributed by atoms with Crippen LogP contribution < -0.4 is 5.32 Å². The molecule has 172 valence electrons. The molecule has 0 saturated heterocycles. The maximum absolute atomic E-state index is 12.4. The summed E-state index contributed by atoms with van der Waals surface area (Å²) in [6.45, 7) is 7.73. The molecule has 1 aromatic heterocycles. The number of amides is 1. The number of thiophene rings is 1. The fourth-order valence-electron chi connectivity index (χ4n) is 3.85. The summed E-state index contributed by atoms with van der Waals surface area (Å²) in [6.07, 6.45) is 3.43. The van der Waals surface area contributed by atoms with Gasteiger partial charge in [0.05, 0.1) is 25.7 Å². The molecule has 0 bridgehead atoms. The van der Waals surface area contributed by atoms with Crippen LogP contribution in [0.2, 0.25) is 0 Å². The van der Waals surface area contributed by atoms with Crippen LogP contribution >= 0.6 is 11.3 Å². The van der Waals surface area contributed by atoms with Crippen molar-refractivity contribution in [2.24, 2.45) is 17.3 Å². The summed E-state index contributed by atoms with van der Waals surface area (Å²) in [5.41, 5.74) is 0.647. The van der Waals surface area contributed by atoms with Crippen molar-refractivity contribution in [1.82, 2.24) is 0 Å². The second-order valence-electron chi connectivity index (χ2n) is 8.81. The van der Waals surface area contributed by atoms with Crippen molar-refractivity contribution in [3.05, 3.63) is 16.0 Å². The second-order valence-corrected chi connectivity index (χ2v) is 9.83. The average Bonchev–Trinajstić information content (AvgIpc) is 3.05. The molecule has 1 saturated carbocycles. The first-order chi connectivity index (χ1) is 14.5. The van der Waals surface area contributed by atoms with Crippen LogP contribution in [0.4, 0.5) is 5.00 Å². The third kappa shape index (κ3) is 6.06. The number of carbonyl (C=O) groups is 4. The highest BCUT2D eigenvalue weighted by molar-refractivity contribution is 7.18. The van der Waals surface area contributed by atoms with E-state index in [0.29, 0.717) is 11.5 Å². The van der Waals surface area contributed by atoms with Gasteiger partial charge in [-0.25, -0.2) is 9.59 Å². The van der Waals surface area contributed by atoms with E-state index in [0.717, 1.165) is 37.0 Å². The summed E-state index contributed by atoms with van der Waals surface area (Å²) in [4.78, 5) is 49.0. The Morgan fingerprint density at radius 1 is 1.00 bits per heavy atom. The van der Waals surface area contributed by atoms with Crippen molar-refractivity contribution >= 4 is 40.2 Å². The molecule has 0 aromatic carbocycles. The maximum atomic E-state index is 12.4. The quantitative estimate of drug-likeness (QED) is 0.513. The molecule has 0 radical (unpaired) electrons. The standard InChI is InChI=1S/C22H31NO7S/c1-12-16(20(26)28-5)18(31-17(12)21(27)29-6)23-15(24)11-30-19(25)13-7-9-14(10-8-13)22(2,3)4/h13-14H,7-11H2,1-6H3,(H,23,24). The fraction of sp³-hybridized carbons (Fsp3) is 0.636. The van der Waals surface area contributed by atoms with Crippen molar-refractivity contribution in [3.63, 3.8) is 0 Å². The van der Waals surface area contributed by atoms with Gasteiger partial charge in [0, 0.05) is 0 Å². The van der Waals surface area contributed by atoms with E-state index >= 15 is 0 Å². The van der Waals surface area contributed by atoms with Crippen molar-refractivity contribution in [3.8, 4) is 0 Å². The minimum Gasteiger partial charge on any atom is -0.465 e. The first kappa shape index (κ1) is 24.8. The molecule has 1 aromatic rings. The summed E-state index contributed by atoms with van der Waals surface area (Å²) in [5.74, 6) is -1.92. The molecule has 2 rings (SSSR count). The van der Waals surface area contributed by atoms with E-state index in [4.69, 9.17) is 14.2 Å². The zero-order valence-corrected chi connectivity index (χ0v) is 19.8. The zero-order chi connectivity index (χ0) is 23.3. The summed E-state index contributed by atoms with van der Waals surface area (Å²) in [7, 11) is 2.44. The van der Waals surface area contributed by atoms with E-state index in [2.05, 4.69) is 26.1 Å². The number of rotatable bonds is 6. The molecule has 1 amide bonds. The van der Waals surface area contributed by atoms with Crippen LogP contribution in [0.1, 0.15) is 72.0 Å². The Bertz CT molecular complexity index is 845. The van der Waals surface area contributed by atoms with Crippen LogP contribution in [0.15, 0.2) is 0 Å². The van der Waals surface area contributed by atoms with E-state index in [1.807, 2.05) is 0 Å². The molecule has 1 N–H and O–H groups in total. The lowest BCUT2D eigenvalue weighted by atomic mass is 9.70. The van der Waals surface area contributed by atoms with Crippen LogP contribution in [0.5, 0.6) is 0 Å². The van der Waals surface area contributed by atoms with Gasteiger partial charge >= 0.3 is 17.9 Å². The van der Waals surface area contributed by atoms with Crippen LogP contribution in [-0.2, 0) is 23.8 Å². The average molecular weight is 454 g/mol. The number of esters is 3. The van der Waals surface area contributed by atoms with Crippen LogP contribution in [0, 0.1) is 24.2 Å². The highest BCUT2D eigenvalue weighted by Crippen LogP contribution is 2.40. The SMILES string of the molecule is COC(=O)c1sc(NC(=O)COC(=O)C2CCC(C(C)(C)C)CC2)c(C(=O)OC)c1C. The number of anilines is 1. The monoisotopic (exact) mass is 453 g/mol. The number of hydrogen-bond donors (Lipinski definition) is 1. The Morgan fingerprint density at radius 3 is 2.10 bits per heavy atom. The molecular weight excluding hydrogens is 422 g/mol. The third-order valence-corrected chi connectivity index (χ3v) is 6.98. The summed E-state index contributed by atoms with van der Waals surface area (Å²) < 4.78 is 14.7. The molecule has 31 heavy (non-hydrogen) atoms. The highest BCUT2D eigenvalue weighted by atomic mass is 32.1. The summed E-state index contributed by atoms with van der Waals surface area (Å²) in [5, 5.41) is 2.69. The van der Waals surface area contributed by atoms with Gasteiger partial charge in [-0.3, -0.25) is 9.59 Å². The normalized spacial score (nSPS) is 18.8. The molecule has 8 nitrogen and oxygen atoms in total. The third-order valence-electron chi connectivity index (χ3n) is 5.79. The van der Waals surface area contributed by atoms with E-state index in [1.54, 1.807) is 6.92 Å². The lowest BCUT2D eigenvalue weighted by molar-refractivity contribution is -0.153. The molecule has 1 aliphatic rings. The first-order valence-electron chi connectivity index (χ1n) is 10.3. The largest absolute Gasteiger partial charge is 0.465 e. The number of carbonyl (C=O) groups excluding carboxylic acids is 4. The number of hydrogen-bond acceptors (Lipinski definition) is 8. The van der Waals surface area contributed by atoms with Gasteiger partial charge in [-0.15, -0.1) is 11.3 Å². The van der Waals surface area contributed by atoms with Gasteiger partial charge in [0.1, 0.15) is 9.88 Å². The molecular formula is C22H31NO7S. The van der Waals surface area contributed by atoms with Gasteiger partial charge in [-0.1, -0.05) is 20.8 Å². The van der Waals surface area contributed by atoms with Gasteiger partial charge in [0.2, 0.25) is 0 Å². The number of methoxy groups -OCH3 is 2. The van der Waals surface area contributed by atoms with Crippen molar-refractivity contribution < 1.29 is 33.4 Å². The van der Waals surface area contributed by atoms with Gasteiger partial charge in [-0.05, 0) is 49.5 Å². The fourth-order valence-corrected chi connectivity index (χ4v) is 4.98. The van der Waals surface area contributed by atoms with Crippen molar-refractivity contribution in [1.29, 1.82) is 0 Å². The van der Waals surface area contributed by atoms with Crippen molar-refractivity contribution in [2.45, 2.75) is 53.4 Å². The predicted octanol–water partition coefficient (Wildman–Crippen LogP) is 3.96. The molecule has 1 aliphatic carbocycles. The Balaban J connectivity index is 1.98. The minimum atomic E-state index is -0.688. The van der Waals surface area contributed by atoms with Crippen LogP contribution in [-0.4, -0.2) is 44.6 Å². The van der Waals surface area contributed by atoms with E-state index in [9.17, 15) is 19.2 Å². The van der Waals surface area contributed by atoms with Gasteiger partial charge in [-0.2, -0.15) is 0 Å². The minimum absolute atomic E-state index is 0.0769. The summed E-state index contributed by atoms with van der Waals surface area (Å²) >= 11 is 0.908. The predicted molar refractivity (Wildman–Crippen MR) is 116 cm³/mol. The Morgan fingerprint density at radius 2 is 1.58 bits per heavy atom. The number of ether oxygens (including phenoxy) is 3. The topological polar surface area (TPSA) is 108 Å². The molecule has 1 fully saturated rings. The lowest BCUT2D eigenvalue weighted by Gasteiger charge is -2.36. The van der Waals surface area contributed by atoms with Crippen molar-refractivity contribution in [2.75, 3.05) is 26.1 Å².